The highest BCUT2D eigenvalue weighted by Crippen LogP contribution is 2.31. The fourth-order valence-corrected chi connectivity index (χ4v) is 3.72. The maximum atomic E-state index is 12.3. The van der Waals surface area contributed by atoms with Crippen LogP contribution in [0.3, 0.4) is 0 Å². The van der Waals surface area contributed by atoms with Gasteiger partial charge < -0.3 is 10.5 Å². The molecule has 3 heterocycles. The van der Waals surface area contributed by atoms with Gasteiger partial charge in [-0.05, 0) is 17.7 Å². The molecule has 9 nitrogen and oxygen atoms in total. The van der Waals surface area contributed by atoms with Crippen molar-refractivity contribution in [1.82, 2.24) is 23.8 Å². The number of ether oxygens (including phenoxy) is 1. The SMILES string of the molecule is CN(C)S(=O)(=O)N1CCO[C@H](c2[nH]ncc2-c2ccnc(N)c2)C1. The topological polar surface area (TPSA) is 117 Å². The molecule has 1 fully saturated rings. The minimum atomic E-state index is -3.49. The number of aromatic amines is 1. The lowest BCUT2D eigenvalue weighted by Crippen LogP contribution is -2.47. The van der Waals surface area contributed by atoms with Crippen molar-refractivity contribution in [2.24, 2.45) is 0 Å². The van der Waals surface area contributed by atoms with Gasteiger partial charge in [-0.15, -0.1) is 0 Å². The van der Waals surface area contributed by atoms with E-state index in [1.165, 1.54) is 22.7 Å². The number of anilines is 1. The smallest absolute Gasteiger partial charge is 0.281 e. The van der Waals surface area contributed by atoms with Gasteiger partial charge in [0.15, 0.2) is 0 Å². The van der Waals surface area contributed by atoms with Gasteiger partial charge in [0, 0.05) is 38.9 Å². The highest BCUT2D eigenvalue weighted by atomic mass is 32.2. The Hall–Kier alpha value is -2.01. The summed E-state index contributed by atoms with van der Waals surface area (Å²) in [6.45, 7) is 0.855. The van der Waals surface area contributed by atoms with Crippen LogP contribution in [0.4, 0.5) is 5.82 Å². The van der Waals surface area contributed by atoms with Crippen LogP contribution < -0.4 is 5.73 Å². The molecule has 2 aromatic rings. The van der Waals surface area contributed by atoms with Gasteiger partial charge in [0.05, 0.1) is 18.5 Å². The average Bonchev–Trinajstić information content (AvgIpc) is 3.04. The van der Waals surface area contributed by atoms with Crippen molar-refractivity contribution in [3.05, 3.63) is 30.2 Å². The third-order valence-electron chi connectivity index (χ3n) is 3.90. The van der Waals surface area contributed by atoms with Crippen LogP contribution in [-0.2, 0) is 14.9 Å². The van der Waals surface area contributed by atoms with Crippen LogP contribution in [0.15, 0.2) is 24.5 Å². The van der Waals surface area contributed by atoms with Gasteiger partial charge in [-0.2, -0.15) is 22.1 Å². The Balaban J connectivity index is 1.89. The number of H-pyrrole nitrogens is 1. The molecule has 0 unspecified atom stereocenters. The normalized spacial score (nSPS) is 19.7. The second kappa shape index (κ2) is 6.48. The molecule has 3 N–H and O–H groups in total. The third-order valence-corrected chi connectivity index (χ3v) is 5.81. The van der Waals surface area contributed by atoms with Crippen molar-refractivity contribution >= 4 is 16.0 Å². The van der Waals surface area contributed by atoms with E-state index < -0.39 is 16.3 Å². The zero-order valence-corrected chi connectivity index (χ0v) is 14.3. The van der Waals surface area contributed by atoms with Crippen LogP contribution in [0.5, 0.6) is 0 Å². The molecule has 1 aliphatic rings. The lowest BCUT2D eigenvalue weighted by atomic mass is 10.0. The molecular weight excluding hydrogens is 332 g/mol. The summed E-state index contributed by atoms with van der Waals surface area (Å²) < 4.78 is 33.1. The minimum absolute atomic E-state index is 0.219. The summed E-state index contributed by atoms with van der Waals surface area (Å²) in [6, 6.07) is 3.56. The predicted octanol–water partition coefficient (Wildman–Crippen LogP) is 0.234. The zero-order valence-electron chi connectivity index (χ0n) is 13.5. The van der Waals surface area contributed by atoms with Crippen LogP contribution in [-0.4, -0.2) is 66.0 Å². The van der Waals surface area contributed by atoms with Crippen molar-refractivity contribution in [2.45, 2.75) is 6.10 Å². The number of morpholine rings is 1. The van der Waals surface area contributed by atoms with E-state index in [1.807, 2.05) is 6.07 Å². The van der Waals surface area contributed by atoms with Crippen molar-refractivity contribution in [3.8, 4) is 11.1 Å². The van der Waals surface area contributed by atoms with Crippen molar-refractivity contribution < 1.29 is 13.2 Å². The maximum Gasteiger partial charge on any atom is 0.281 e. The molecule has 0 amide bonds. The van der Waals surface area contributed by atoms with E-state index in [2.05, 4.69) is 15.2 Å². The summed E-state index contributed by atoms with van der Waals surface area (Å²) >= 11 is 0. The van der Waals surface area contributed by atoms with Crippen LogP contribution >= 0.6 is 0 Å². The highest BCUT2D eigenvalue weighted by molar-refractivity contribution is 7.86. The first-order chi connectivity index (χ1) is 11.4. The summed E-state index contributed by atoms with van der Waals surface area (Å²) in [6.07, 6.45) is 2.86. The Bertz CT molecular complexity index is 819. The summed E-state index contributed by atoms with van der Waals surface area (Å²) in [5.74, 6) is 0.404. The summed E-state index contributed by atoms with van der Waals surface area (Å²) in [4.78, 5) is 3.98. The van der Waals surface area contributed by atoms with Crippen molar-refractivity contribution in [3.63, 3.8) is 0 Å². The number of hydrogen-bond donors (Lipinski definition) is 2. The van der Waals surface area contributed by atoms with Crippen LogP contribution in [0.2, 0.25) is 0 Å². The predicted molar refractivity (Wildman–Crippen MR) is 89.1 cm³/mol. The second-order valence-electron chi connectivity index (χ2n) is 5.67. The largest absolute Gasteiger partial charge is 0.384 e. The van der Waals surface area contributed by atoms with Gasteiger partial charge in [-0.25, -0.2) is 4.98 Å². The Morgan fingerprint density at radius 2 is 2.25 bits per heavy atom. The van der Waals surface area contributed by atoms with Gasteiger partial charge in [-0.1, -0.05) is 0 Å². The monoisotopic (exact) mass is 352 g/mol. The molecule has 0 spiro atoms. The van der Waals surface area contributed by atoms with Crippen LogP contribution in [0, 0.1) is 0 Å². The van der Waals surface area contributed by atoms with Gasteiger partial charge >= 0.3 is 0 Å². The van der Waals surface area contributed by atoms with E-state index in [-0.39, 0.29) is 6.54 Å². The van der Waals surface area contributed by atoms with Gasteiger partial charge in [0.25, 0.3) is 10.2 Å². The molecule has 0 bridgehead atoms. The minimum Gasteiger partial charge on any atom is -0.384 e. The number of nitrogens with zero attached hydrogens (tertiary/aromatic N) is 4. The Morgan fingerprint density at radius 3 is 2.96 bits per heavy atom. The summed E-state index contributed by atoms with van der Waals surface area (Å²) in [5, 5.41) is 7.00. The Labute approximate surface area is 140 Å². The van der Waals surface area contributed by atoms with Crippen LogP contribution in [0.1, 0.15) is 11.8 Å². The van der Waals surface area contributed by atoms with E-state index >= 15 is 0 Å². The quantitative estimate of drug-likeness (QED) is 0.813. The highest BCUT2D eigenvalue weighted by Gasteiger charge is 2.33. The molecule has 24 heavy (non-hydrogen) atoms. The molecular formula is C14H20N6O3S. The molecule has 1 atom stereocenters. The van der Waals surface area contributed by atoms with E-state index in [0.717, 1.165) is 16.8 Å². The van der Waals surface area contributed by atoms with E-state index in [1.54, 1.807) is 18.5 Å². The molecule has 2 aromatic heterocycles. The lowest BCUT2D eigenvalue weighted by Gasteiger charge is -2.33. The fourth-order valence-electron chi connectivity index (χ4n) is 2.63. The van der Waals surface area contributed by atoms with Crippen LogP contribution in [0.25, 0.3) is 11.1 Å². The number of hydrogen-bond acceptors (Lipinski definition) is 6. The number of nitrogens with one attached hydrogen (secondary N) is 1. The molecule has 3 rings (SSSR count). The number of nitrogens with two attached hydrogens (primary N) is 1. The Morgan fingerprint density at radius 1 is 1.46 bits per heavy atom. The fraction of sp³-hybridized carbons (Fsp3) is 0.429. The number of pyridine rings is 1. The van der Waals surface area contributed by atoms with Gasteiger partial charge in [0.1, 0.15) is 11.9 Å². The van der Waals surface area contributed by atoms with Crippen molar-refractivity contribution in [2.75, 3.05) is 39.5 Å². The molecule has 130 valence electrons. The molecule has 0 aromatic carbocycles. The maximum absolute atomic E-state index is 12.3. The summed E-state index contributed by atoms with van der Waals surface area (Å²) in [7, 11) is -0.456. The van der Waals surface area contributed by atoms with Gasteiger partial charge in [0.2, 0.25) is 0 Å². The standard InChI is InChI=1S/C14H20N6O3S/c1-19(2)24(21,22)20-5-6-23-12(9-20)14-11(8-17-18-14)10-3-4-16-13(15)7-10/h3-4,7-8,12H,5-6,9H2,1-2H3,(H2,15,16)(H,17,18)/t12-/m0/s1. The molecule has 1 saturated heterocycles. The first-order valence-corrected chi connectivity index (χ1v) is 8.83. The average molecular weight is 352 g/mol. The number of rotatable bonds is 4. The Kier molecular flexibility index (Phi) is 4.54. The number of aromatic nitrogens is 3. The van der Waals surface area contributed by atoms with Gasteiger partial charge in [-0.3, -0.25) is 5.10 Å². The zero-order chi connectivity index (χ0) is 17.3. The van der Waals surface area contributed by atoms with E-state index in [0.29, 0.717) is 19.0 Å². The third kappa shape index (κ3) is 3.13. The lowest BCUT2D eigenvalue weighted by molar-refractivity contribution is -0.00594. The van der Waals surface area contributed by atoms with E-state index in [4.69, 9.17) is 10.5 Å². The molecule has 1 aliphatic heterocycles. The number of nitrogen functional groups attached to an aromatic ring is 1. The summed E-state index contributed by atoms with van der Waals surface area (Å²) in [5.41, 5.74) is 8.13. The second-order valence-corrected chi connectivity index (χ2v) is 7.82. The first kappa shape index (κ1) is 16.8. The van der Waals surface area contributed by atoms with E-state index in [9.17, 15) is 8.42 Å². The molecule has 10 heteroatoms. The van der Waals surface area contributed by atoms with Crippen molar-refractivity contribution in [1.29, 1.82) is 0 Å². The molecule has 0 saturated carbocycles. The first-order valence-electron chi connectivity index (χ1n) is 7.44. The molecule has 0 aliphatic carbocycles. The molecule has 0 radical (unpaired) electrons.